The van der Waals surface area contributed by atoms with Gasteiger partial charge in [0.1, 0.15) is 6.54 Å². The maximum Gasteiger partial charge on any atom is 0.318 e. The number of amides is 3. The van der Waals surface area contributed by atoms with Crippen LogP contribution < -0.4 is 10.6 Å². The quantitative estimate of drug-likeness (QED) is 0.758. The molecule has 0 aliphatic heterocycles. The molecule has 0 saturated carbocycles. The number of hydrogen-bond acceptors (Lipinski definition) is 4. The molecule has 0 aliphatic rings. The van der Waals surface area contributed by atoms with Gasteiger partial charge in [0.15, 0.2) is 5.13 Å². The number of thiazole rings is 1. The van der Waals surface area contributed by atoms with E-state index in [2.05, 4.69) is 22.5 Å². The van der Waals surface area contributed by atoms with E-state index in [9.17, 15) is 9.59 Å². The number of carbonyl (C=O) groups excluding carboxylic acids is 2. The van der Waals surface area contributed by atoms with Crippen LogP contribution in [-0.4, -0.2) is 34.9 Å². The van der Waals surface area contributed by atoms with Crippen LogP contribution in [0.1, 0.15) is 30.2 Å². The van der Waals surface area contributed by atoms with Crippen molar-refractivity contribution < 1.29 is 9.59 Å². The number of nitrogens with one attached hydrogen (secondary N) is 2. The second-order valence-corrected chi connectivity index (χ2v) is 6.98. The van der Waals surface area contributed by atoms with Crippen molar-refractivity contribution in [3.63, 3.8) is 0 Å². The number of rotatable bonds is 8. The fraction of sp³-hybridized carbons (Fsp3) is 0.389. The summed E-state index contributed by atoms with van der Waals surface area (Å²) in [7, 11) is 0. The van der Waals surface area contributed by atoms with E-state index in [0.717, 1.165) is 23.3 Å². The zero-order valence-electron chi connectivity index (χ0n) is 14.6. The number of hydrogen-bond donors (Lipinski definition) is 2. The van der Waals surface area contributed by atoms with E-state index in [0.29, 0.717) is 18.2 Å². The maximum atomic E-state index is 12.4. The van der Waals surface area contributed by atoms with Crippen molar-refractivity contribution in [1.82, 2.24) is 15.2 Å². The average Bonchev–Trinajstić information content (AvgIpc) is 3.02. The highest BCUT2D eigenvalue weighted by atomic mass is 32.1. The molecule has 134 valence electrons. The van der Waals surface area contributed by atoms with Crippen LogP contribution in [0.25, 0.3) is 0 Å². The number of anilines is 1. The van der Waals surface area contributed by atoms with Crippen LogP contribution in [0.3, 0.4) is 0 Å². The van der Waals surface area contributed by atoms with Crippen molar-refractivity contribution in [2.75, 3.05) is 18.4 Å². The molecule has 0 bridgehead atoms. The zero-order valence-corrected chi connectivity index (χ0v) is 15.4. The van der Waals surface area contributed by atoms with Gasteiger partial charge in [-0.1, -0.05) is 43.7 Å². The van der Waals surface area contributed by atoms with Crippen molar-refractivity contribution in [2.24, 2.45) is 0 Å². The van der Waals surface area contributed by atoms with Crippen LogP contribution in [0.4, 0.5) is 9.93 Å². The van der Waals surface area contributed by atoms with Crippen LogP contribution in [0, 0.1) is 6.92 Å². The number of urea groups is 1. The van der Waals surface area contributed by atoms with E-state index in [1.165, 1.54) is 11.3 Å². The predicted molar refractivity (Wildman–Crippen MR) is 101 cm³/mol. The third-order valence-electron chi connectivity index (χ3n) is 3.56. The molecule has 0 atom stereocenters. The zero-order chi connectivity index (χ0) is 18.1. The lowest BCUT2D eigenvalue weighted by Gasteiger charge is -2.22. The summed E-state index contributed by atoms with van der Waals surface area (Å²) in [4.78, 5) is 31.3. The molecule has 1 aromatic heterocycles. The maximum absolute atomic E-state index is 12.4. The van der Waals surface area contributed by atoms with Gasteiger partial charge in [0, 0.05) is 24.2 Å². The molecule has 0 spiro atoms. The van der Waals surface area contributed by atoms with Crippen LogP contribution in [0.5, 0.6) is 0 Å². The van der Waals surface area contributed by atoms with Gasteiger partial charge in [0.25, 0.3) is 0 Å². The van der Waals surface area contributed by atoms with Gasteiger partial charge in [0.2, 0.25) is 5.91 Å². The van der Waals surface area contributed by atoms with Crippen molar-refractivity contribution in [2.45, 2.75) is 33.2 Å². The minimum atomic E-state index is -0.236. The van der Waals surface area contributed by atoms with E-state index < -0.39 is 0 Å². The average molecular weight is 360 g/mol. The van der Waals surface area contributed by atoms with E-state index in [1.54, 1.807) is 11.1 Å². The topological polar surface area (TPSA) is 74.3 Å². The Hall–Kier alpha value is -2.41. The van der Waals surface area contributed by atoms with Gasteiger partial charge in [-0.2, -0.15) is 0 Å². The Kier molecular flexibility index (Phi) is 7.40. The number of benzene rings is 1. The molecule has 3 amide bonds. The van der Waals surface area contributed by atoms with Crippen molar-refractivity contribution in [1.29, 1.82) is 0 Å². The fourth-order valence-electron chi connectivity index (χ4n) is 2.23. The van der Waals surface area contributed by atoms with Gasteiger partial charge in [-0.05, 0) is 18.9 Å². The molecule has 0 aliphatic carbocycles. The Labute approximate surface area is 152 Å². The first-order valence-electron chi connectivity index (χ1n) is 8.37. The van der Waals surface area contributed by atoms with Crippen molar-refractivity contribution in [3.05, 3.63) is 47.0 Å². The summed E-state index contributed by atoms with van der Waals surface area (Å²) < 4.78 is 0. The monoisotopic (exact) mass is 360 g/mol. The van der Waals surface area contributed by atoms with Gasteiger partial charge in [-0.25, -0.2) is 9.78 Å². The highest BCUT2D eigenvalue weighted by molar-refractivity contribution is 7.15. The van der Waals surface area contributed by atoms with E-state index >= 15 is 0 Å². The van der Waals surface area contributed by atoms with Gasteiger partial charge < -0.3 is 15.5 Å². The second kappa shape index (κ2) is 9.78. The van der Waals surface area contributed by atoms with Crippen LogP contribution in [0.15, 0.2) is 36.5 Å². The number of nitrogens with zero attached hydrogens (tertiary/aromatic N) is 2. The highest BCUT2D eigenvalue weighted by Gasteiger charge is 2.17. The smallest absolute Gasteiger partial charge is 0.318 e. The SMILES string of the molecule is CCCCN(CC(=O)Nc1ncc(C)s1)C(=O)NCc1ccccc1. The lowest BCUT2D eigenvalue weighted by atomic mass is 10.2. The Morgan fingerprint density at radius 3 is 2.64 bits per heavy atom. The first kappa shape index (κ1) is 18.9. The molecule has 2 aromatic rings. The lowest BCUT2D eigenvalue weighted by molar-refractivity contribution is -0.116. The first-order valence-corrected chi connectivity index (χ1v) is 9.19. The first-order chi connectivity index (χ1) is 12.1. The molecule has 7 heteroatoms. The van der Waals surface area contributed by atoms with Gasteiger partial charge >= 0.3 is 6.03 Å². The van der Waals surface area contributed by atoms with Gasteiger partial charge in [-0.3, -0.25) is 4.79 Å². The Bertz CT molecular complexity index is 687. The summed E-state index contributed by atoms with van der Waals surface area (Å²) in [5.74, 6) is -0.236. The second-order valence-electron chi connectivity index (χ2n) is 5.74. The number of carbonyl (C=O) groups is 2. The van der Waals surface area contributed by atoms with Gasteiger partial charge in [0.05, 0.1) is 0 Å². The Balaban J connectivity index is 1.89. The molecule has 1 aromatic carbocycles. The summed E-state index contributed by atoms with van der Waals surface area (Å²) in [6.45, 7) is 4.98. The predicted octanol–water partition coefficient (Wildman–Crippen LogP) is 3.40. The molecule has 0 unspecified atom stereocenters. The number of aromatic nitrogens is 1. The molecule has 0 saturated heterocycles. The number of aryl methyl sites for hydroxylation is 1. The fourth-order valence-corrected chi connectivity index (χ4v) is 2.91. The Morgan fingerprint density at radius 1 is 1.24 bits per heavy atom. The normalized spacial score (nSPS) is 10.3. The van der Waals surface area contributed by atoms with E-state index in [-0.39, 0.29) is 18.5 Å². The molecule has 0 fully saturated rings. The molecule has 2 rings (SSSR count). The van der Waals surface area contributed by atoms with Crippen LogP contribution in [0.2, 0.25) is 0 Å². The summed E-state index contributed by atoms with van der Waals surface area (Å²) in [5.41, 5.74) is 1.02. The third-order valence-corrected chi connectivity index (χ3v) is 4.39. The van der Waals surface area contributed by atoms with Crippen LogP contribution >= 0.6 is 11.3 Å². The molecular formula is C18H24N4O2S. The molecule has 2 N–H and O–H groups in total. The highest BCUT2D eigenvalue weighted by Crippen LogP contribution is 2.16. The molecule has 25 heavy (non-hydrogen) atoms. The summed E-state index contributed by atoms with van der Waals surface area (Å²) in [5, 5.41) is 6.18. The summed E-state index contributed by atoms with van der Waals surface area (Å²) in [6.07, 6.45) is 3.51. The lowest BCUT2D eigenvalue weighted by Crippen LogP contribution is -2.44. The largest absolute Gasteiger partial charge is 0.334 e. The minimum Gasteiger partial charge on any atom is -0.334 e. The molecule has 1 heterocycles. The van der Waals surface area contributed by atoms with E-state index in [4.69, 9.17) is 0 Å². The number of unbranched alkanes of at least 4 members (excludes halogenated alkanes) is 1. The molecular weight excluding hydrogens is 336 g/mol. The summed E-state index contributed by atoms with van der Waals surface area (Å²) in [6, 6.07) is 9.47. The minimum absolute atomic E-state index is 0.0131. The third kappa shape index (κ3) is 6.54. The van der Waals surface area contributed by atoms with Gasteiger partial charge in [-0.15, -0.1) is 11.3 Å². The molecule has 0 radical (unpaired) electrons. The van der Waals surface area contributed by atoms with E-state index in [1.807, 2.05) is 37.3 Å². The summed E-state index contributed by atoms with van der Waals surface area (Å²) >= 11 is 1.41. The standard InChI is InChI=1S/C18H24N4O2S/c1-3-4-10-22(13-16(23)21-17-19-11-14(2)25-17)18(24)20-12-15-8-6-5-7-9-15/h5-9,11H,3-4,10,12-13H2,1-2H3,(H,20,24)(H,19,21,23). The Morgan fingerprint density at radius 2 is 2.00 bits per heavy atom. The van der Waals surface area contributed by atoms with Crippen LogP contribution in [-0.2, 0) is 11.3 Å². The van der Waals surface area contributed by atoms with Crippen molar-refractivity contribution in [3.8, 4) is 0 Å². The molecule has 6 nitrogen and oxygen atoms in total. The van der Waals surface area contributed by atoms with Crippen molar-refractivity contribution >= 4 is 28.4 Å².